The molecule has 1 aromatic heterocycles. The summed E-state index contributed by atoms with van der Waals surface area (Å²) in [5.41, 5.74) is 1.22. The molecule has 0 aliphatic carbocycles. The highest BCUT2D eigenvalue weighted by Gasteiger charge is 2.25. The zero-order valence-corrected chi connectivity index (χ0v) is 21.0. The van der Waals surface area contributed by atoms with Crippen LogP contribution in [0.15, 0.2) is 60.7 Å². The monoisotopic (exact) mass is 482 g/mol. The number of anilines is 1. The van der Waals surface area contributed by atoms with E-state index in [0.29, 0.717) is 22.3 Å². The van der Waals surface area contributed by atoms with Gasteiger partial charge in [0.1, 0.15) is 18.1 Å². The van der Waals surface area contributed by atoms with Crippen molar-refractivity contribution in [3.8, 4) is 11.4 Å². The van der Waals surface area contributed by atoms with Crippen LogP contribution in [-0.2, 0) is 15.0 Å². The Kier molecular flexibility index (Phi) is 7.99. The first kappa shape index (κ1) is 25.3. The average molecular weight is 483 g/mol. The van der Waals surface area contributed by atoms with Crippen LogP contribution < -0.4 is 10.1 Å². The van der Waals surface area contributed by atoms with Crippen LogP contribution >= 0.6 is 11.6 Å². The minimum Gasteiger partial charge on any atom is -0.484 e. The Morgan fingerprint density at radius 3 is 2.35 bits per heavy atom. The van der Waals surface area contributed by atoms with Crippen LogP contribution in [-0.4, -0.2) is 45.7 Å². The third kappa shape index (κ3) is 6.38. The molecular weight excluding hydrogens is 452 g/mol. The van der Waals surface area contributed by atoms with Gasteiger partial charge in [0.05, 0.1) is 16.4 Å². The average Bonchev–Trinajstić information content (AvgIpc) is 3.20. The van der Waals surface area contributed by atoms with Crippen LogP contribution in [0.25, 0.3) is 5.69 Å². The highest BCUT2D eigenvalue weighted by atomic mass is 35.5. The molecule has 0 bridgehead atoms. The fourth-order valence-electron chi connectivity index (χ4n) is 3.28. The number of rotatable bonds is 8. The zero-order valence-electron chi connectivity index (χ0n) is 20.2. The lowest BCUT2D eigenvalue weighted by atomic mass is 9.92. The molecule has 0 fully saturated rings. The lowest BCUT2D eigenvalue weighted by Gasteiger charge is -2.26. The Bertz CT molecular complexity index is 1140. The third-order valence-corrected chi connectivity index (χ3v) is 5.51. The molecule has 0 atom stereocenters. The number of nitrogens with one attached hydrogen (secondary N) is 1. The molecule has 0 saturated carbocycles. The fourth-order valence-corrected chi connectivity index (χ4v) is 3.50. The maximum atomic E-state index is 13.0. The summed E-state index contributed by atoms with van der Waals surface area (Å²) in [4.78, 5) is 27.3. The maximum Gasteiger partial charge on any atom is 0.261 e. The summed E-state index contributed by atoms with van der Waals surface area (Å²) >= 11 is 6.40. The number of hydrogen-bond donors (Lipinski definition) is 1. The van der Waals surface area contributed by atoms with Crippen LogP contribution in [0.4, 0.5) is 5.82 Å². The van der Waals surface area contributed by atoms with E-state index in [1.165, 1.54) is 4.90 Å². The molecule has 7 nitrogen and oxygen atoms in total. The molecule has 0 saturated heterocycles. The number of hydrogen-bond acceptors (Lipinski definition) is 4. The lowest BCUT2D eigenvalue weighted by Crippen LogP contribution is -2.44. The summed E-state index contributed by atoms with van der Waals surface area (Å²) in [6.07, 6.45) is 0. The summed E-state index contributed by atoms with van der Waals surface area (Å²) in [5, 5.41) is 8.12. The number of nitrogens with zero attached hydrogens (tertiary/aromatic N) is 3. The van der Waals surface area contributed by atoms with Gasteiger partial charge in [-0.1, -0.05) is 62.7 Å². The first-order chi connectivity index (χ1) is 16.1. The Hall–Kier alpha value is -3.32. The van der Waals surface area contributed by atoms with Gasteiger partial charge in [0, 0.05) is 17.5 Å². The first-order valence-corrected chi connectivity index (χ1v) is 11.6. The Morgan fingerprint density at radius 1 is 1.09 bits per heavy atom. The van der Waals surface area contributed by atoms with E-state index >= 15 is 0 Å². The molecule has 1 N–H and O–H groups in total. The van der Waals surface area contributed by atoms with Crippen molar-refractivity contribution in [3.05, 3.63) is 71.4 Å². The number of benzene rings is 2. The molecule has 0 spiro atoms. The molecular formula is C26H31ClN4O3. The molecule has 2 amide bonds. The second kappa shape index (κ2) is 10.7. The van der Waals surface area contributed by atoms with Crippen LogP contribution in [0.5, 0.6) is 5.75 Å². The summed E-state index contributed by atoms with van der Waals surface area (Å²) in [5.74, 6) is 0.474. The number of amides is 2. The predicted molar refractivity (Wildman–Crippen MR) is 135 cm³/mol. The van der Waals surface area contributed by atoms with Crippen LogP contribution in [0, 0.1) is 0 Å². The van der Waals surface area contributed by atoms with Crippen LogP contribution in [0.3, 0.4) is 0 Å². The Balaban J connectivity index is 1.77. The smallest absolute Gasteiger partial charge is 0.261 e. The lowest BCUT2D eigenvalue weighted by molar-refractivity contribution is -0.138. The highest BCUT2D eigenvalue weighted by Crippen LogP contribution is 2.29. The van der Waals surface area contributed by atoms with E-state index in [9.17, 15) is 9.59 Å². The molecule has 180 valence electrons. The van der Waals surface area contributed by atoms with E-state index in [1.807, 2.05) is 77.1 Å². The largest absolute Gasteiger partial charge is 0.484 e. The van der Waals surface area contributed by atoms with Crippen molar-refractivity contribution in [2.24, 2.45) is 0 Å². The van der Waals surface area contributed by atoms with Gasteiger partial charge in [0.15, 0.2) is 6.61 Å². The van der Waals surface area contributed by atoms with Gasteiger partial charge in [-0.25, -0.2) is 4.68 Å². The number of para-hydroxylation sites is 2. The highest BCUT2D eigenvalue weighted by molar-refractivity contribution is 6.32. The van der Waals surface area contributed by atoms with Crippen molar-refractivity contribution >= 4 is 29.2 Å². The van der Waals surface area contributed by atoms with Crippen molar-refractivity contribution in [2.75, 3.05) is 18.5 Å². The van der Waals surface area contributed by atoms with E-state index in [-0.39, 0.29) is 36.4 Å². The first-order valence-electron chi connectivity index (χ1n) is 11.2. The second-order valence-corrected chi connectivity index (χ2v) is 9.70. The molecule has 34 heavy (non-hydrogen) atoms. The number of aromatic nitrogens is 2. The van der Waals surface area contributed by atoms with E-state index in [0.717, 1.165) is 5.69 Å². The SMILES string of the molecule is CC(C)N(CC(=O)Nc1cc(C(C)(C)C)nn1-c1ccccc1Cl)C(=O)COc1ccccc1. The van der Waals surface area contributed by atoms with Gasteiger partial charge in [0.2, 0.25) is 5.91 Å². The van der Waals surface area contributed by atoms with Gasteiger partial charge in [-0.05, 0) is 38.1 Å². The van der Waals surface area contributed by atoms with E-state index < -0.39 is 0 Å². The number of carbonyl (C=O) groups excluding carboxylic acids is 2. The predicted octanol–water partition coefficient (Wildman–Crippen LogP) is 5.08. The molecule has 1 heterocycles. The standard InChI is InChI=1S/C26H31ClN4O3/c1-18(2)30(25(33)17-34-19-11-7-6-8-12-19)16-24(32)28-23-15-22(26(3,4)5)29-31(23)21-14-10-9-13-20(21)27/h6-15,18H,16-17H2,1-5H3,(H,28,32). The third-order valence-electron chi connectivity index (χ3n) is 5.19. The van der Waals surface area contributed by atoms with Crippen LogP contribution in [0.1, 0.15) is 40.3 Å². The van der Waals surface area contributed by atoms with Gasteiger partial charge >= 0.3 is 0 Å². The van der Waals surface area contributed by atoms with Crippen molar-refractivity contribution in [3.63, 3.8) is 0 Å². The van der Waals surface area contributed by atoms with Gasteiger partial charge in [-0.2, -0.15) is 5.10 Å². The van der Waals surface area contributed by atoms with Crippen molar-refractivity contribution in [1.29, 1.82) is 0 Å². The molecule has 0 aliphatic heterocycles. The normalized spacial score (nSPS) is 11.4. The Labute approximate surface area is 205 Å². The number of halogens is 1. The van der Waals surface area contributed by atoms with E-state index in [1.54, 1.807) is 22.9 Å². The number of ether oxygens (including phenoxy) is 1. The summed E-state index contributed by atoms with van der Waals surface area (Å²) in [6, 6.07) is 18.1. The minimum absolute atomic E-state index is 0.118. The Morgan fingerprint density at radius 2 is 1.74 bits per heavy atom. The summed E-state index contributed by atoms with van der Waals surface area (Å²) in [7, 11) is 0. The molecule has 0 unspecified atom stereocenters. The molecule has 3 rings (SSSR count). The van der Waals surface area contributed by atoms with Crippen molar-refractivity contribution in [2.45, 2.75) is 46.1 Å². The second-order valence-electron chi connectivity index (χ2n) is 9.29. The summed E-state index contributed by atoms with van der Waals surface area (Å²) < 4.78 is 7.20. The molecule has 8 heteroatoms. The zero-order chi connectivity index (χ0) is 24.9. The van der Waals surface area contributed by atoms with Gasteiger partial charge in [0.25, 0.3) is 5.91 Å². The van der Waals surface area contributed by atoms with Crippen molar-refractivity contribution in [1.82, 2.24) is 14.7 Å². The molecule has 3 aromatic rings. The molecule has 0 radical (unpaired) electrons. The summed E-state index contributed by atoms with van der Waals surface area (Å²) in [6.45, 7) is 9.59. The molecule has 2 aromatic carbocycles. The minimum atomic E-state index is -0.338. The van der Waals surface area contributed by atoms with Crippen molar-refractivity contribution < 1.29 is 14.3 Å². The van der Waals surface area contributed by atoms with E-state index in [4.69, 9.17) is 21.4 Å². The molecule has 0 aliphatic rings. The van der Waals surface area contributed by atoms with Gasteiger partial charge < -0.3 is 15.0 Å². The number of carbonyl (C=O) groups is 2. The van der Waals surface area contributed by atoms with Gasteiger partial charge in [-0.15, -0.1) is 0 Å². The maximum absolute atomic E-state index is 13.0. The van der Waals surface area contributed by atoms with Gasteiger partial charge in [-0.3, -0.25) is 9.59 Å². The fraction of sp³-hybridized carbons (Fsp3) is 0.346. The topological polar surface area (TPSA) is 76.5 Å². The van der Waals surface area contributed by atoms with Crippen LogP contribution in [0.2, 0.25) is 5.02 Å². The quantitative estimate of drug-likeness (QED) is 0.486. The van der Waals surface area contributed by atoms with E-state index in [2.05, 4.69) is 5.32 Å².